The molecule has 0 saturated heterocycles. The van der Waals surface area contributed by atoms with Crippen molar-refractivity contribution < 1.29 is 24.2 Å². The smallest absolute Gasteiger partial charge is 0.408 e. The van der Waals surface area contributed by atoms with Crippen LogP contribution in [0.4, 0.5) is 4.79 Å². The predicted octanol–water partition coefficient (Wildman–Crippen LogP) is 2.95. The summed E-state index contributed by atoms with van der Waals surface area (Å²) < 4.78 is 5.12. The third kappa shape index (κ3) is 6.08. The molecule has 3 heterocycles. The molecule has 3 aromatic rings. The maximum atomic E-state index is 11.9. The number of aliphatic carboxylic acids is 1. The first-order chi connectivity index (χ1) is 15.0. The second-order valence-corrected chi connectivity index (χ2v) is 9.48. The van der Waals surface area contributed by atoms with E-state index in [1.165, 1.54) is 28.7 Å². The molecule has 3 rings (SSSR count). The summed E-state index contributed by atoms with van der Waals surface area (Å²) in [6.45, 7) is 5.08. The molecular formula is C20H21N5O5S2. The molecule has 0 bridgehead atoms. The summed E-state index contributed by atoms with van der Waals surface area (Å²) >= 11 is 2.60. The molecule has 32 heavy (non-hydrogen) atoms. The summed E-state index contributed by atoms with van der Waals surface area (Å²) in [7, 11) is 0. The van der Waals surface area contributed by atoms with Gasteiger partial charge in [-0.15, -0.1) is 22.7 Å². The lowest BCUT2D eigenvalue weighted by Crippen LogP contribution is -2.44. The van der Waals surface area contributed by atoms with E-state index < -0.39 is 29.6 Å². The topological polar surface area (TPSA) is 157 Å². The van der Waals surface area contributed by atoms with Crippen molar-refractivity contribution >= 4 is 40.6 Å². The van der Waals surface area contributed by atoms with E-state index in [0.717, 1.165) is 0 Å². The number of nitrogens with two attached hydrogens (primary N) is 1. The Bertz CT molecular complexity index is 1150. The van der Waals surface area contributed by atoms with Crippen LogP contribution in [0, 0.1) is 0 Å². The van der Waals surface area contributed by atoms with Crippen molar-refractivity contribution in [3.8, 4) is 22.1 Å². The highest BCUT2D eigenvalue weighted by molar-refractivity contribution is 7.14. The van der Waals surface area contributed by atoms with Crippen molar-refractivity contribution in [1.82, 2.24) is 20.3 Å². The molecule has 0 radical (unpaired) electrons. The van der Waals surface area contributed by atoms with Crippen molar-refractivity contribution in [3.63, 3.8) is 0 Å². The number of ether oxygens (including phenoxy) is 1. The molecule has 0 unspecified atom stereocenters. The average molecular weight is 476 g/mol. The van der Waals surface area contributed by atoms with Crippen LogP contribution in [0.5, 0.6) is 0 Å². The largest absolute Gasteiger partial charge is 0.480 e. The molecule has 1 atom stereocenters. The number of carbonyl (C=O) groups excluding carboxylic acids is 2. The van der Waals surface area contributed by atoms with E-state index in [1.807, 2.05) is 0 Å². The number of alkyl carbamates (subject to hydrolysis) is 1. The molecule has 2 amide bonds. The molecule has 0 saturated carbocycles. The molecule has 0 fully saturated rings. The molecule has 0 aliphatic rings. The second-order valence-electron chi connectivity index (χ2n) is 7.68. The van der Waals surface area contributed by atoms with Gasteiger partial charge in [-0.1, -0.05) is 6.07 Å². The zero-order chi connectivity index (χ0) is 23.5. The molecule has 10 nitrogen and oxygen atoms in total. The number of hydrogen-bond acceptors (Lipinski definition) is 9. The maximum absolute atomic E-state index is 11.9. The van der Waals surface area contributed by atoms with Gasteiger partial charge in [0.05, 0.1) is 10.7 Å². The number of amides is 2. The van der Waals surface area contributed by atoms with Gasteiger partial charge in [-0.05, 0) is 32.9 Å². The Kier molecular flexibility index (Phi) is 6.84. The van der Waals surface area contributed by atoms with E-state index in [-0.39, 0.29) is 12.1 Å². The second kappa shape index (κ2) is 9.40. The molecule has 0 spiro atoms. The number of pyridine rings is 1. The van der Waals surface area contributed by atoms with E-state index in [2.05, 4.69) is 20.3 Å². The minimum absolute atomic E-state index is 0.000310. The number of carboxylic acids is 1. The highest BCUT2D eigenvalue weighted by atomic mass is 32.1. The Morgan fingerprint density at radius 2 is 1.81 bits per heavy atom. The lowest BCUT2D eigenvalue weighted by molar-refractivity contribution is -0.139. The van der Waals surface area contributed by atoms with Crippen molar-refractivity contribution in [2.75, 3.05) is 0 Å². The van der Waals surface area contributed by atoms with E-state index in [9.17, 15) is 19.5 Å². The summed E-state index contributed by atoms with van der Waals surface area (Å²) in [5, 5.41) is 16.5. The van der Waals surface area contributed by atoms with Crippen LogP contribution in [0.3, 0.4) is 0 Å². The number of hydrogen-bond donors (Lipinski definition) is 3. The Hall–Kier alpha value is -3.38. The summed E-state index contributed by atoms with van der Waals surface area (Å²) in [5.74, 6) is -1.82. The standard InChI is InChI=1S/C20H21N5O5S2/c1-20(2,3)30-19(29)25-12(18(27)28)7-15-23-14(9-31-15)17-24-13(8-32-17)10-5-4-6-11(22-10)16(21)26/h4-6,8-9,12H,7H2,1-3H3,(H2,21,26)(H,25,29)(H,27,28)/t12-/m0/s1. The van der Waals surface area contributed by atoms with Crippen LogP contribution in [0.15, 0.2) is 29.0 Å². The molecule has 0 aliphatic carbocycles. The fourth-order valence-corrected chi connectivity index (χ4v) is 4.22. The molecule has 4 N–H and O–H groups in total. The van der Waals surface area contributed by atoms with Gasteiger partial charge in [0, 0.05) is 17.2 Å². The van der Waals surface area contributed by atoms with Crippen LogP contribution in [-0.4, -0.2) is 49.7 Å². The molecule has 3 aromatic heterocycles. The van der Waals surface area contributed by atoms with Crippen LogP contribution in [0.25, 0.3) is 22.1 Å². The van der Waals surface area contributed by atoms with Gasteiger partial charge in [0.2, 0.25) is 0 Å². The van der Waals surface area contributed by atoms with Crippen LogP contribution in [0.1, 0.15) is 36.3 Å². The first-order valence-electron chi connectivity index (χ1n) is 9.41. The average Bonchev–Trinajstić information content (AvgIpc) is 3.35. The van der Waals surface area contributed by atoms with Crippen LogP contribution in [-0.2, 0) is 16.0 Å². The van der Waals surface area contributed by atoms with Crippen LogP contribution >= 0.6 is 22.7 Å². The van der Waals surface area contributed by atoms with Crippen molar-refractivity contribution in [2.24, 2.45) is 5.73 Å². The first-order valence-corrected chi connectivity index (χ1v) is 11.2. The predicted molar refractivity (Wildman–Crippen MR) is 119 cm³/mol. The first kappa shape index (κ1) is 23.3. The van der Waals surface area contributed by atoms with E-state index in [0.29, 0.717) is 27.1 Å². The molecule has 0 aliphatic heterocycles. The van der Waals surface area contributed by atoms with Gasteiger partial charge in [-0.25, -0.2) is 24.5 Å². The quantitative estimate of drug-likeness (QED) is 0.470. The zero-order valence-electron chi connectivity index (χ0n) is 17.5. The van der Waals surface area contributed by atoms with Crippen molar-refractivity contribution in [3.05, 3.63) is 39.7 Å². The minimum Gasteiger partial charge on any atom is -0.480 e. The number of rotatable bonds is 7. The lowest BCUT2D eigenvalue weighted by Gasteiger charge is -2.21. The number of thiazole rings is 2. The Morgan fingerprint density at radius 1 is 1.09 bits per heavy atom. The van der Waals surface area contributed by atoms with Gasteiger partial charge in [0.25, 0.3) is 5.91 Å². The van der Waals surface area contributed by atoms with Gasteiger partial charge in [0.15, 0.2) is 0 Å². The summed E-state index contributed by atoms with van der Waals surface area (Å²) in [6.07, 6.45) is -0.809. The van der Waals surface area contributed by atoms with Gasteiger partial charge < -0.3 is 20.9 Å². The van der Waals surface area contributed by atoms with Crippen LogP contribution < -0.4 is 11.1 Å². The number of primary amides is 1. The summed E-state index contributed by atoms with van der Waals surface area (Å²) in [6, 6.07) is 3.73. The number of nitrogens with zero attached hydrogens (tertiary/aromatic N) is 3. The number of aromatic nitrogens is 3. The minimum atomic E-state index is -1.19. The monoisotopic (exact) mass is 475 g/mol. The van der Waals surface area contributed by atoms with Crippen LogP contribution in [0.2, 0.25) is 0 Å². The molecule has 0 aromatic carbocycles. The summed E-state index contributed by atoms with van der Waals surface area (Å²) in [5.41, 5.74) is 6.33. The SMILES string of the molecule is CC(C)(C)OC(=O)N[C@@H](Cc1nc(-c2nc(-c3cccc(C(N)=O)n3)cs2)cs1)C(=O)O. The Morgan fingerprint density at radius 3 is 2.47 bits per heavy atom. The molecule has 12 heteroatoms. The number of nitrogens with one attached hydrogen (secondary N) is 1. The highest BCUT2D eigenvalue weighted by Gasteiger charge is 2.25. The van der Waals surface area contributed by atoms with Gasteiger partial charge in [-0.2, -0.15) is 0 Å². The Labute approximate surface area is 191 Å². The number of carbonyl (C=O) groups is 3. The fourth-order valence-electron chi connectivity index (χ4n) is 2.55. The number of carboxylic acid groups (broad SMARTS) is 1. The normalized spacial score (nSPS) is 12.2. The summed E-state index contributed by atoms with van der Waals surface area (Å²) in [4.78, 5) is 48.0. The zero-order valence-corrected chi connectivity index (χ0v) is 19.1. The van der Waals surface area contributed by atoms with Gasteiger partial charge in [-0.3, -0.25) is 4.79 Å². The van der Waals surface area contributed by atoms with Crippen molar-refractivity contribution in [1.29, 1.82) is 0 Å². The lowest BCUT2D eigenvalue weighted by atomic mass is 10.2. The highest BCUT2D eigenvalue weighted by Crippen LogP contribution is 2.29. The third-order valence-electron chi connectivity index (χ3n) is 3.91. The molecule has 168 valence electrons. The van der Waals surface area contributed by atoms with Crippen molar-refractivity contribution in [2.45, 2.75) is 38.8 Å². The Balaban J connectivity index is 1.73. The van der Waals surface area contributed by atoms with Gasteiger partial charge in [0.1, 0.15) is 33.7 Å². The molecular weight excluding hydrogens is 454 g/mol. The fraction of sp³-hybridized carbons (Fsp3) is 0.300. The van der Waals surface area contributed by atoms with Gasteiger partial charge >= 0.3 is 12.1 Å². The van der Waals surface area contributed by atoms with E-state index in [4.69, 9.17) is 10.5 Å². The van der Waals surface area contributed by atoms with E-state index >= 15 is 0 Å². The van der Waals surface area contributed by atoms with E-state index in [1.54, 1.807) is 43.7 Å². The third-order valence-corrected chi connectivity index (χ3v) is 5.64. The maximum Gasteiger partial charge on any atom is 0.408 e.